The lowest BCUT2D eigenvalue weighted by atomic mass is 10.0. The van der Waals surface area contributed by atoms with Gasteiger partial charge in [0.05, 0.1) is 18.9 Å². The zero-order valence-corrected chi connectivity index (χ0v) is 17.2. The van der Waals surface area contributed by atoms with Gasteiger partial charge in [-0.25, -0.2) is 4.98 Å². The van der Waals surface area contributed by atoms with Crippen LogP contribution in [0.3, 0.4) is 0 Å². The van der Waals surface area contributed by atoms with E-state index in [1.165, 1.54) is 12.8 Å². The predicted molar refractivity (Wildman–Crippen MR) is 110 cm³/mol. The smallest absolute Gasteiger partial charge is 0.227 e. The van der Waals surface area contributed by atoms with Crippen LogP contribution >= 0.6 is 0 Å². The first-order valence-electron chi connectivity index (χ1n) is 10.8. The van der Waals surface area contributed by atoms with Gasteiger partial charge in [0.1, 0.15) is 11.6 Å². The summed E-state index contributed by atoms with van der Waals surface area (Å²) in [5, 5.41) is 4.27. The van der Waals surface area contributed by atoms with Gasteiger partial charge in [-0.1, -0.05) is 5.16 Å². The Kier molecular flexibility index (Phi) is 5.37. The molecule has 0 amide bonds. The van der Waals surface area contributed by atoms with Gasteiger partial charge in [0.2, 0.25) is 5.95 Å². The molecule has 2 aromatic rings. The fourth-order valence-corrected chi connectivity index (χ4v) is 4.30. The zero-order valence-electron chi connectivity index (χ0n) is 17.2. The predicted octanol–water partition coefficient (Wildman–Crippen LogP) is 2.28. The summed E-state index contributed by atoms with van der Waals surface area (Å²) in [5.41, 5.74) is 1.07. The van der Waals surface area contributed by atoms with Crippen molar-refractivity contribution in [1.29, 1.82) is 0 Å². The van der Waals surface area contributed by atoms with Crippen LogP contribution in [0.4, 0.5) is 11.8 Å². The average Bonchev–Trinajstić information content (AvgIpc) is 3.53. The SMILES string of the molecule is CN(c1ccnc(N2CCOCC2)n1)C1CCN(Cc2cc(C3CC3)on2)CC1. The molecule has 3 aliphatic rings. The summed E-state index contributed by atoms with van der Waals surface area (Å²) in [5.74, 6) is 3.53. The van der Waals surface area contributed by atoms with Gasteiger partial charge in [0, 0.05) is 64.0 Å². The largest absolute Gasteiger partial charge is 0.378 e. The molecule has 3 fully saturated rings. The first-order valence-corrected chi connectivity index (χ1v) is 10.8. The molecular weight excluding hydrogens is 368 g/mol. The van der Waals surface area contributed by atoms with E-state index in [0.29, 0.717) is 12.0 Å². The molecule has 156 valence electrons. The summed E-state index contributed by atoms with van der Waals surface area (Å²) in [7, 11) is 2.16. The highest BCUT2D eigenvalue weighted by Gasteiger charge is 2.29. The highest BCUT2D eigenvalue weighted by atomic mass is 16.5. The summed E-state index contributed by atoms with van der Waals surface area (Å²) in [6, 6.07) is 4.67. The van der Waals surface area contributed by atoms with Gasteiger partial charge in [0.25, 0.3) is 0 Å². The second-order valence-electron chi connectivity index (χ2n) is 8.43. The van der Waals surface area contributed by atoms with E-state index in [9.17, 15) is 0 Å². The molecule has 1 saturated carbocycles. The number of aromatic nitrogens is 3. The van der Waals surface area contributed by atoms with Crippen molar-refractivity contribution >= 4 is 11.8 Å². The third kappa shape index (κ3) is 4.38. The third-order valence-electron chi connectivity index (χ3n) is 6.33. The van der Waals surface area contributed by atoms with E-state index >= 15 is 0 Å². The molecule has 0 radical (unpaired) electrons. The lowest BCUT2D eigenvalue weighted by molar-refractivity contribution is 0.122. The lowest BCUT2D eigenvalue weighted by Gasteiger charge is -2.37. The molecular formula is C21H30N6O2. The molecule has 29 heavy (non-hydrogen) atoms. The molecule has 0 bridgehead atoms. The quantitative estimate of drug-likeness (QED) is 0.734. The van der Waals surface area contributed by atoms with Crippen LogP contribution in [0.2, 0.25) is 0 Å². The van der Waals surface area contributed by atoms with Gasteiger partial charge in [-0.05, 0) is 31.7 Å². The summed E-state index contributed by atoms with van der Waals surface area (Å²) in [6.45, 7) is 6.24. The van der Waals surface area contributed by atoms with Gasteiger partial charge in [0.15, 0.2) is 0 Å². The van der Waals surface area contributed by atoms with Gasteiger partial charge in [-0.3, -0.25) is 4.90 Å². The molecule has 2 saturated heterocycles. The maximum atomic E-state index is 5.50. The van der Waals surface area contributed by atoms with Gasteiger partial charge >= 0.3 is 0 Å². The van der Waals surface area contributed by atoms with Gasteiger partial charge in [-0.2, -0.15) is 4.98 Å². The standard InChI is InChI=1S/C21H30N6O2/c1-25(20-4-7-22-21(23-20)27-10-12-28-13-11-27)18-5-8-26(9-6-18)15-17-14-19(29-24-17)16-2-3-16/h4,7,14,16,18H,2-3,5-6,8-13,15H2,1H3. The van der Waals surface area contributed by atoms with Crippen molar-refractivity contribution in [1.82, 2.24) is 20.0 Å². The summed E-state index contributed by atoms with van der Waals surface area (Å²) in [6.07, 6.45) is 6.63. The Hall–Kier alpha value is -2.19. The normalized spacial score (nSPS) is 21.5. The Balaban J connectivity index is 1.16. The minimum Gasteiger partial charge on any atom is -0.378 e. The Morgan fingerprint density at radius 3 is 2.66 bits per heavy atom. The van der Waals surface area contributed by atoms with Gasteiger partial charge in [-0.15, -0.1) is 0 Å². The van der Waals surface area contributed by atoms with Crippen LogP contribution in [0.1, 0.15) is 43.1 Å². The van der Waals surface area contributed by atoms with Crippen molar-refractivity contribution in [2.75, 3.05) is 56.2 Å². The zero-order chi connectivity index (χ0) is 19.6. The fourth-order valence-electron chi connectivity index (χ4n) is 4.30. The number of ether oxygens (including phenoxy) is 1. The molecule has 8 nitrogen and oxygen atoms in total. The topological polar surface area (TPSA) is 70.8 Å². The number of anilines is 2. The van der Waals surface area contributed by atoms with E-state index in [2.05, 4.69) is 38.0 Å². The number of likely N-dealkylation sites (tertiary alicyclic amines) is 1. The number of hydrogen-bond acceptors (Lipinski definition) is 8. The van der Waals surface area contributed by atoms with Crippen molar-refractivity contribution in [2.45, 2.75) is 44.2 Å². The third-order valence-corrected chi connectivity index (χ3v) is 6.33. The molecule has 0 atom stereocenters. The number of nitrogens with zero attached hydrogens (tertiary/aromatic N) is 6. The molecule has 8 heteroatoms. The fraction of sp³-hybridized carbons (Fsp3) is 0.667. The van der Waals surface area contributed by atoms with E-state index in [0.717, 1.165) is 82.0 Å². The summed E-state index contributed by atoms with van der Waals surface area (Å²) < 4.78 is 10.9. The number of morpholine rings is 1. The van der Waals surface area contributed by atoms with E-state index in [1.807, 2.05) is 12.3 Å². The van der Waals surface area contributed by atoms with Crippen LogP contribution in [-0.2, 0) is 11.3 Å². The Morgan fingerprint density at radius 1 is 1.10 bits per heavy atom. The van der Waals surface area contributed by atoms with Crippen molar-refractivity contribution < 1.29 is 9.26 Å². The van der Waals surface area contributed by atoms with Crippen LogP contribution in [0.25, 0.3) is 0 Å². The maximum absolute atomic E-state index is 5.50. The Bertz CT molecular complexity index is 809. The Morgan fingerprint density at radius 2 is 1.90 bits per heavy atom. The lowest BCUT2D eigenvalue weighted by Crippen LogP contribution is -2.43. The van der Waals surface area contributed by atoms with Crippen molar-refractivity contribution in [3.63, 3.8) is 0 Å². The summed E-state index contributed by atoms with van der Waals surface area (Å²) >= 11 is 0. The van der Waals surface area contributed by atoms with E-state index in [1.54, 1.807) is 0 Å². The average molecular weight is 399 g/mol. The maximum Gasteiger partial charge on any atom is 0.227 e. The van der Waals surface area contributed by atoms with E-state index in [-0.39, 0.29) is 0 Å². The number of rotatable bonds is 6. The second-order valence-corrected chi connectivity index (χ2v) is 8.43. The van der Waals surface area contributed by atoms with Crippen LogP contribution in [0.5, 0.6) is 0 Å². The molecule has 5 rings (SSSR count). The van der Waals surface area contributed by atoms with Crippen LogP contribution < -0.4 is 9.80 Å². The minimum atomic E-state index is 0.498. The highest BCUT2D eigenvalue weighted by Crippen LogP contribution is 2.40. The molecule has 4 heterocycles. The van der Waals surface area contributed by atoms with Crippen LogP contribution in [0, 0.1) is 0 Å². The van der Waals surface area contributed by atoms with Crippen LogP contribution in [-0.4, -0.2) is 72.5 Å². The minimum absolute atomic E-state index is 0.498. The first-order chi connectivity index (χ1) is 14.3. The molecule has 0 N–H and O–H groups in total. The second kappa shape index (κ2) is 8.28. The molecule has 0 aromatic carbocycles. The molecule has 0 unspecified atom stereocenters. The molecule has 2 aromatic heterocycles. The van der Waals surface area contributed by atoms with Crippen molar-refractivity contribution in [2.24, 2.45) is 0 Å². The molecule has 2 aliphatic heterocycles. The van der Waals surface area contributed by atoms with Crippen molar-refractivity contribution in [3.05, 3.63) is 29.8 Å². The van der Waals surface area contributed by atoms with E-state index < -0.39 is 0 Å². The number of piperidine rings is 1. The Labute approximate surface area is 171 Å². The molecule has 0 spiro atoms. The van der Waals surface area contributed by atoms with Gasteiger partial charge < -0.3 is 19.1 Å². The van der Waals surface area contributed by atoms with Crippen molar-refractivity contribution in [3.8, 4) is 0 Å². The van der Waals surface area contributed by atoms with Crippen LogP contribution in [0.15, 0.2) is 22.9 Å². The highest BCUT2D eigenvalue weighted by molar-refractivity contribution is 5.44. The molecule has 1 aliphatic carbocycles. The first kappa shape index (κ1) is 18.8. The number of hydrogen-bond donors (Lipinski definition) is 0. The van der Waals surface area contributed by atoms with E-state index in [4.69, 9.17) is 14.2 Å². The monoisotopic (exact) mass is 398 g/mol. The summed E-state index contributed by atoms with van der Waals surface area (Å²) in [4.78, 5) is 16.3.